The first-order valence-electron chi connectivity index (χ1n) is 5.76. The number of carbonyl (C=O) groups excluding carboxylic acids is 1. The second kappa shape index (κ2) is 4.66. The zero-order chi connectivity index (χ0) is 11.4. The van der Waals surface area contributed by atoms with E-state index in [1.54, 1.807) is 0 Å². The van der Waals surface area contributed by atoms with Crippen LogP contribution in [0.5, 0.6) is 0 Å². The molecule has 2 N–H and O–H groups in total. The number of carbonyl (C=O) groups is 1. The van der Waals surface area contributed by atoms with Gasteiger partial charge in [0.15, 0.2) is 0 Å². The van der Waals surface area contributed by atoms with Crippen LogP contribution >= 0.6 is 0 Å². The van der Waals surface area contributed by atoms with E-state index >= 15 is 0 Å². The molecule has 1 aliphatic rings. The quantitative estimate of drug-likeness (QED) is 0.773. The van der Waals surface area contributed by atoms with Crippen LogP contribution in [0, 0.1) is 0 Å². The second-order valence-corrected chi connectivity index (χ2v) is 4.49. The van der Waals surface area contributed by atoms with E-state index in [4.69, 9.17) is 5.73 Å². The molecule has 3 heteroatoms. The van der Waals surface area contributed by atoms with Crippen molar-refractivity contribution in [1.82, 2.24) is 4.90 Å². The van der Waals surface area contributed by atoms with E-state index in [1.807, 2.05) is 11.0 Å². The van der Waals surface area contributed by atoms with Crippen molar-refractivity contribution in [1.29, 1.82) is 0 Å². The average Bonchev–Trinajstić information content (AvgIpc) is 2.40. The third-order valence-electron chi connectivity index (χ3n) is 3.68. The van der Waals surface area contributed by atoms with Crippen molar-refractivity contribution in [2.45, 2.75) is 18.3 Å². The number of hydrogen-bond acceptors (Lipinski definition) is 2. The molecule has 0 saturated carbocycles. The van der Waals surface area contributed by atoms with Gasteiger partial charge >= 0.3 is 0 Å². The minimum Gasteiger partial charge on any atom is -0.345 e. The van der Waals surface area contributed by atoms with Crippen LogP contribution in [0.15, 0.2) is 30.3 Å². The van der Waals surface area contributed by atoms with Gasteiger partial charge in [0, 0.05) is 25.0 Å². The smallest absolute Gasteiger partial charge is 0.209 e. The molecule has 1 aromatic rings. The summed E-state index contributed by atoms with van der Waals surface area (Å²) >= 11 is 0. The molecule has 0 atom stereocenters. The van der Waals surface area contributed by atoms with Gasteiger partial charge in [0.2, 0.25) is 6.41 Å². The van der Waals surface area contributed by atoms with Crippen molar-refractivity contribution < 1.29 is 4.79 Å². The number of amides is 1. The van der Waals surface area contributed by atoms with Gasteiger partial charge in [-0.2, -0.15) is 0 Å². The van der Waals surface area contributed by atoms with Gasteiger partial charge < -0.3 is 10.6 Å². The molecule has 86 valence electrons. The number of nitrogens with zero attached hydrogens (tertiary/aromatic N) is 1. The summed E-state index contributed by atoms with van der Waals surface area (Å²) in [5.74, 6) is 0. The summed E-state index contributed by atoms with van der Waals surface area (Å²) in [5, 5.41) is 0. The van der Waals surface area contributed by atoms with Crippen molar-refractivity contribution in [3.8, 4) is 0 Å². The lowest BCUT2D eigenvalue weighted by Gasteiger charge is -2.40. The van der Waals surface area contributed by atoms with Crippen LogP contribution < -0.4 is 5.73 Å². The van der Waals surface area contributed by atoms with E-state index in [0.717, 1.165) is 32.3 Å². The Morgan fingerprint density at radius 2 is 1.88 bits per heavy atom. The van der Waals surface area contributed by atoms with E-state index in [9.17, 15) is 4.79 Å². The highest BCUT2D eigenvalue weighted by molar-refractivity contribution is 5.47. The summed E-state index contributed by atoms with van der Waals surface area (Å²) in [6, 6.07) is 10.4. The lowest BCUT2D eigenvalue weighted by Crippen LogP contribution is -2.46. The summed E-state index contributed by atoms with van der Waals surface area (Å²) in [6.45, 7) is 2.29. The highest BCUT2D eigenvalue weighted by Gasteiger charge is 2.34. The van der Waals surface area contributed by atoms with Crippen molar-refractivity contribution >= 4 is 6.41 Å². The summed E-state index contributed by atoms with van der Waals surface area (Å²) in [6.07, 6.45) is 2.87. The number of hydrogen-bond donors (Lipinski definition) is 1. The van der Waals surface area contributed by atoms with Crippen LogP contribution in [0.1, 0.15) is 18.4 Å². The predicted octanol–water partition coefficient (Wildman–Crippen LogP) is 1.14. The Hall–Kier alpha value is -1.35. The van der Waals surface area contributed by atoms with E-state index in [-0.39, 0.29) is 5.41 Å². The number of nitrogens with two attached hydrogens (primary N) is 1. The molecule has 1 saturated heterocycles. The number of likely N-dealkylation sites (tertiary alicyclic amines) is 1. The molecule has 2 rings (SSSR count). The fourth-order valence-electron chi connectivity index (χ4n) is 2.46. The Labute approximate surface area is 96.2 Å². The van der Waals surface area contributed by atoms with E-state index in [0.29, 0.717) is 6.54 Å². The third-order valence-corrected chi connectivity index (χ3v) is 3.68. The average molecular weight is 218 g/mol. The SMILES string of the molecule is NCC1(c2ccccc2)CCN(C=O)CC1. The Morgan fingerprint density at radius 3 is 2.38 bits per heavy atom. The van der Waals surface area contributed by atoms with Crippen molar-refractivity contribution in [2.24, 2.45) is 5.73 Å². The molecule has 0 spiro atoms. The van der Waals surface area contributed by atoms with Crippen LogP contribution in [0.25, 0.3) is 0 Å². The van der Waals surface area contributed by atoms with E-state index in [1.165, 1.54) is 5.56 Å². The molecule has 1 amide bonds. The van der Waals surface area contributed by atoms with Gasteiger partial charge in [-0.3, -0.25) is 4.79 Å². The van der Waals surface area contributed by atoms with Gasteiger partial charge in [-0.1, -0.05) is 30.3 Å². The number of piperidine rings is 1. The maximum atomic E-state index is 10.7. The Bertz CT molecular complexity index is 342. The van der Waals surface area contributed by atoms with Crippen molar-refractivity contribution in [3.05, 3.63) is 35.9 Å². The van der Waals surface area contributed by atoms with Gasteiger partial charge in [0.25, 0.3) is 0 Å². The molecule has 0 bridgehead atoms. The van der Waals surface area contributed by atoms with Gasteiger partial charge in [0.1, 0.15) is 0 Å². The molecule has 0 unspecified atom stereocenters. The minimum atomic E-state index is 0.0702. The molecule has 1 aliphatic heterocycles. The van der Waals surface area contributed by atoms with Gasteiger partial charge in [0.05, 0.1) is 0 Å². The maximum Gasteiger partial charge on any atom is 0.209 e. The predicted molar refractivity (Wildman–Crippen MR) is 64.0 cm³/mol. The first-order valence-corrected chi connectivity index (χ1v) is 5.76. The molecule has 0 aliphatic carbocycles. The molecule has 16 heavy (non-hydrogen) atoms. The summed E-state index contributed by atoms with van der Waals surface area (Å²) in [5.41, 5.74) is 7.33. The van der Waals surface area contributed by atoms with Crippen LogP contribution in [-0.2, 0) is 10.2 Å². The highest BCUT2D eigenvalue weighted by atomic mass is 16.1. The zero-order valence-electron chi connectivity index (χ0n) is 9.43. The van der Waals surface area contributed by atoms with Crippen LogP contribution in [0.2, 0.25) is 0 Å². The van der Waals surface area contributed by atoms with Crippen molar-refractivity contribution in [3.63, 3.8) is 0 Å². The maximum absolute atomic E-state index is 10.7. The summed E-state index contributed by atoms with van der Waals surface area (Å²) in [7, 11) is 0. The Kier molecular flexibility index (Phi) is 3.25. The molecule has 0 aromatic heterocycles. The standard InChI is InChI=1S/C13H18N2O/c14-10-13(12-4-2-1-3-5-12)6-8-15(11-16)9-7-13/h1-5,11H,6-10,14H2. The van der Waals surface area contributed by atoms with Crippen molar-refractivity contribution in [2.75, 3.05) is 19.6 Å². The number of rotatable bonds is 3. The molecule has 3 nitrogen and oxygen atoms in total. The second-order valence-electron chi connectivity index (χ2n) is 4.49. The molecule has 1 fully saturated rings. The lowest BCUT2D eigenvalue weighted by atomic mass is 9.73. The largest absolute Gasteiger partial charge is 0.345 e. The lowest BCUT2D eigenvalue weighted by molar-refractivity contribution is -0.119. The molecule has 0 radical (unpaired) electrons. The molecule has 1 aromatic carbocycles. The molecular formula is C13H18N2O. The van der Waals surface area contributed by atoms with E-state index < -0.39 is 0 Å². The summed E-state index contributed by atoms with van der Waals surface area (Å²) in [4.78, 5) is 12.5. The topological polar surface area (TPSA) is 46.3 Å². The normalized spacial score (nSPS) is 19.4. The van der Waals surface area contributed by atoms with Crippen LogP contribution in [-0.4, -0.2) is 30.9 Å². The van der Waals surface area contributed by atoms with E-state index in [2.05, 4.69) is 24.3 Å². The first kappa shape index (κ1) is 11.1. The Balaban J connectivity index is 2.19. The number of benzene rings is 1. The summed E-state index contributed by atoms with van der Waals surface area (Å²) < 4.78 is 0. The minimum absolute atomic E-state index is 0.0702. The molecular weight excluding hydrogens is 200 g/mol. The first-order chi connectivity index (χ1) is 7.80. The van der Waals surface area contributed by atoms with Crippen LogP contribution in [0.4, 0.5) is 0 Å². The van der Waals surface area contributed by atoms with Crippen LogP contribution in [0.3, 0.4) is 0 Å². The fraction of sp³-hybridized carbons (Fsp3) is 0.462. The fourth-order valence-corrected chi connectivity index (χ4v) is 2.46. The third kappa shape index (κ3) is 1.95. The zero-order valence-corrected chi connectivity index (χ0v) is 9.43. The Morgan fingerprint density at radius 1 is 1.25 bits per heavy atom. The molecule has 1 heterocycles. The van der Waals surface area contributed by atoms with Gasteiger partial charge in [-0.15, -0.1) is 0 Å². The monoisotopic (exact) mass is 218 g/mol. The van der Waals surface area contributed by atoms with Gasteiger partial charge in [-0.25, -0.2) is 0 Å². The van der Waals surface area contributed by atoms with Gasteiger partial charge in [-0.05, 0) is 18.4 Å². The highest BCUT2D eigenvalue weighted by Crippen LogP contribution is 2.33.